The number of benzene rings is 2. The van der Waals surface area contributed by atoms with Crippen LogP contribution >= 0.6 is 23.2 Å². The molecule has 2 aromatic carbocycles. The second-order valence-electron chi connectivity index (χ2n) is 5.22. The lowest BCUT2D eigenvalue weighted by Crippen LogP contribution is -2.31. The van der Waals surface area contributed by atoms with Gasteiger partial charge in [-0.15, -0.1) is 0 Å². The summed E-state index contributed by atoms with van der Waals surface area (Å²) in [5, 5.41) is 5.94. The number of amides is 2. The van der Waals surface area contributed by atoms with Crippen molar-refractivity contribution in [2.45, 2.75) is 6.42 Å². The van der Waals surface area contributed by atoms with Crippen molar-refractivity contribution >= 4 is 40.7 Å². The zero-order valence-electron chi connectivity index (χ0n) is 14.1. The maximum Gasteiger partial charge on any atom is 0.233 e. The van der Waals surface area contributed by atoms with Crippen LogP contribution in [0.4, 0.5) is 5.69 Å². The van der Waals surface area contributed by atoms with Crippen LogP contribution in [0, 0.1) is 0 Å². The van der Waals surface area contributed by atoms with Gasteiger partial charge in [0.2, 0.25) is 11.8 Å². The average molecular weight is 397 g/mol. The number of halogens is 2. The van der Waals surface area contributed by atoms with Crippen LogP contribution in [0.5, 0.6) is 11.5 Å². The second kappa shape index (κ2) is 9.89. The van der Waals surface area contributed by atoms with Crippen LogP contribution in [0.15, 0.2) is 42.5 Å². The molecule has 138 valence electrons. The molecule has 0 radical (unpaired) electrons. The number of hydrogen-bond donors (Lipinski definition) is 2. The molecule has 2 rings (SSSR count). The molecular formula is C18H18Cl2N2O4. The fourth-order valence-corrected chi connectivity index (χ4v) is 2.48. The van der Waals surface area contributed by atoms with Crippen molar-refractivity contribution in [2.75, 3.05) is 25.6 Å². The van der Waals surface area contributed by atoms with Gasteiger partial charge in [-0.05, 0) is 42.5 Å². The lowest BCUT2D eigenvalue weighted by molar-refractivity contribution is -0.126. The molecule has 2 aromatic rings. The Balaban J connectivity index is 1.68. The number of methoxy groups -OCH3 is 1. The summed E-state index contributed by atoms with van der Waals surface area (Å²) < 4.78 is 10.5. The first-order valence-corrected chi connectivity index (χ1v) is 8.52. The molecule has 0 heterocycles. The quantitative estimate of drug-likeness (QED) is 0.528. The van der Waals surface area contributed by atoms with Gasteiger partial charge in [0.15, 0.2) is 0 Å². The highest BCUT2D eigenvalue weighted by Crippen LogP contribution is 2.25. The van der Waals surface area contributed by atoms with Gasteiger partial charge >= 0.3 is 0 Å². The molecule has 6 nitrogen and oxygen atoms in total. The fourth-order valence-electron chi connectivity index (χ4n) is 2.02. The minimum atomic E-state index is -0.470. The first-order chi connectivity index (χ1) is 12.5. The standard InChI is InChI=1S/C18H18Cl2N2O4/c1-25-13-3-5-14(6-4-13)26-9-8-21-17(23)11-18(24)22-16-7-2-12(19)10-15(16)20/h2-7,10H,8-9,11H2,1H3,(H,21,23)(H,22,24). The topological polar surface area (TPSA) is 76.7 Å². The molecule has 0 fully saturated rings. The van der Waals surface area contributed by atoms with Gasteiger partial charge in [0.25, 0.3) is 0 Å². The summed E-state index contributed by atoms with van der Waals surface area (Å²) >= 11 is 11.8. The van der Waals surface area contributed by atoms with Crippen LogP contribution in [0.2, 0.25) is 10.0 Å². The van der Waals surface area contributed by atoms with Crippen LogP contribution in [0.25, 0.3) is 0 Å². The number of nitrogens with one attached hydrogen (secondary N) is 2. The number of anilines is 1. The zero-order chi connectivity index (χ0) is 18.9. The van der Waals surface area contributed by atoms with Crippen LogP contribution < -0.4 is 20.1 Å². The Morgan fingerprint density at radius 3 is 2.35 bits per heavy atom. The predicted octanol–water partition coefficient (Wildman–Crippen LogP) is 3.53. The smallest absolute Gasteiger partial charge is 0.233 e. The van der Waals surface area contributed by atoms with E-state index in [4.69, 9.17) is 32.7 Å². The van der Waals surface area contributed by atoms with E-state index in [2.05, 4.69) is 10.6 Å². The molecule has 0 unspecified atom stereocenters. The third-order valence-electron chi connectivity index (χ3n) is 3.28. The summed E-state index contributed by atoms with van der Waals surface area (Å²) in [5.74, 6) is 0.515. The molecule has 2 N–H and O–H groups in total. The van der Waals surface area contributed by atoms with Crippen molar-refractivity contribution in [1.29, 1.82) is 0 Å². The van der Waals surface area contributed by atoms with Crippen molar-refractivity contribution in [3.8, 4) is 11.5 Å². The van der Waals surface area contributed by atoms with Gasteiger partial charge in [-0.1, -0.05) is 23.2 Å². The summed E-state index contributed by atoms with van der Waals surface area (Å²) in [6.45, 7) is 0.558. The Morgan fingerprint density at radius 1 is 1.00 bits per heavy atom. The molecule has 0 aliphatic carbocycles. The third-order valence-corrected chi connectivity index (χ3v) is 3.83. The predicted molar refractivity (Wildman–Crippen MR) is 101 cm³/mol. The van der Waals surface area contributed by atoms with E-state index in [0.29, 0.717) is 21.5 Å². The highest BCUT2D eigenvalue weighted by atomic mass is 35.5. The van der Waals surface area contributed by atoms with E-state index >= 15 is 0 Å². The normalized spacial score (nSPS) is 10.1. The maximum absolute atomic E-state index is 11.9. The van der Waals surface area contributed by atoms with Crippen molar-refractivity contribution in [3.63, 3.8) is 0 Å². The van der Waals surface area contributed by atoms with Crippen molar-refractivity contribution in [3.05, 3.63) is 52.5 Å². The molecule has 0 aliphatic rings. The van der Waals surface area contributed by atoms with E-state index < -0.39 is 11.8 Å². The highest BCUT2D eigenvalue weighted by molar-refractivity contribution is 6.36. The fraction of sp³-hybridized carbons (Fsp3) is 0.222. The lowest BCUT2D eigenvalue weighted by Gasteiger charge is -2.09. The van der Waals surface area contributed by atoms with Crippen molar-refractivity contribution in [2.24, 2.45) is 0 Å². The van der Waals surface area contributed by atoms with Gasteiger partial charge in [-0.3, -0.25) is 9.59 Å². The summed E-state index contributed by atoms with van der Waals surface area (Å²) in [5.41, 5.74) is 0.400. The molecule has 0 saturated carbocycles. The van der Waals surface area contributed by atoms with E-state index in [-0.39, 0.29) is 19.6 Å². The van der Waals surface area contributed by atoms with E-state index in [0.717, 1.165) is 5.75 Å². The zero-order valence-corrected chi connectivity index (χ0v) is 15.6. The largest absolute Gasteiger partial charge is 0.497 e. The van der Waals surface area contributed by atoms with E-state index in [1.807, 2.05) is 0 Å². The number of hydrogen-bond acceptors (Lipinski definition) is 4. The van der Waals surface area contributed by atoms with Crippen LogP contribution in [-0.2, 0) is 9.59 Å². The Bertz CT molecular complexity index is 766. The average Bonchev–Trinajstić information content (AvgIpc) is 2.61. The molecule has 0 bridgehead atoms. The number of rotatable bonds is 8. The van der Waals surface area contributed by atoms with Gasteiger partial charge in [0, 0.05) is 5.02 Å². The number of carbonyl (C=O) groups excluding carboxylic acids is 2. The Labute approximate surface area is 161 Å². The molecule has 0 atom stereocenters. The Morgan fingerprint density at radius 2 is 1.69 bits per heavy atom. The molecule has 26 heavy (non-hydrogen) atoms. The Hall–Kier alpha value is -2.44. The van der Waals surface area contributed by atoms with Crippen LogP contribution in [0.1, 0.15) is 6.42 Å². The summed E-state index contributed by atoms with van der Waals surface area (Å²) in [6, 6.07) is 11.8. The van der Waals surface area contributed by atoms with Crippen LogP contribution in [-0.4, -0.2) is 32.1 Å². The molecule has 0 aliphatic heterocycles. The lowest BCUT2D eigenvalue weighted by atomic mass is 10.3. The third kappa shape index (κ3) is 6.46. The van der Waals surface area contributed by atoms with Crippen molar-refractivity contribution < 1.29 is 19.1 Å². The van der Waals surface area contributed by atoms with Gasteiger partial charge in [0.1, 0.15) is 24.5 Å². The first kappa shape index (κ1) is 19.9. The van der Waals surface area contributed by atoms with Gasteiger partial charge < -0.3 is 20.1 Å². The SMILES string of the molecule is COc1ccc(OCCNC(=O)CC(=O)Nc2ccc(Cl)cc2Cl)cc1. The molecule has 0 saturated heterocycles. The summed E-state index contributed by atoms with van der Waals surface area (Å²) in [7, 11) is 1.59. The molecule has 0 spiro atoms. The highest BCUT2D eigenvalue weighted by Gasteiger charge is 2.11. The Kier molecular flexibility index (Phi) is 7.56. The summed E-state index contributed by atoms with van der Waals surface area (Å²) in [6.07, 6.45) is -0.318. The van der Waals surface area contributed by atoms with Crippen molar-refractivity contribution in [1.82, 2.24) is 5.32 Å². The number of ether oxygens (including phenoxy) is 2. The summed E-state index contributed by atoms with van der Waals surface area (Å²) in [4.78, 5) is 23.6. The minimum absolute atomic E-state index is 0.278. The molecular weight excluding hydrogens is 379 g/mol. The van der Waals surface area contributed by atoms with E-state index in [1.54, 1.807) is 43.5 Å². The van der Waals surface area contributed by atoms with Gasteiger partial charge in [-0.2, -0.15) is 0 Å². The second-order valence-corrected chi connectivity index (χ2v) is 6.07. The monoisotopic (exact) mass is 396 g/mol. The van der Waals surface area contributed by atoms with E-state index in [9.17, 15) is 9.59 Å². The van der Waals surface area contributed by atoms with E-state index in [1.165, 1.54) is 6.07 Å². The molecule has 2 amide bonds. The minimum Gasteiger partial charge on any atom is -0.497 e. The van der Waals surface area contributed by atoms with Crippen LogP contribution in [0.3, 0.4) is 0 Å². The first-order valence-electron chi connectivity index (χ1n) is 7.76. The maximum atomic E-state index is 11.9. The van der Waals surface area contributed by atoms with Gasteiger partial charge in [0.05, 0.1) is 24.4 Å². The molecule has 0 aromatic heterocycles. The molecule has 8 heteroatoms. The van der Waals surface area contributed by atoms with Gasteiger partial charge in [-0.25, -0.2) is 0 Å². The number of carbonyl (C=O) groups is 2.